The van der Waals surface area contributed by atoms with Gasteiger partial charge in [-0.15, -0.1) is 0 Å². The van der Waals surface area contributed by atoms with Crippen LogP contribution in [-0.4, -0.2) is 48.6 Å². The highest BCUT2D eigenvalue weighted by Crippen LogP contribution is 2.39. The summed E-state index contributed by atoms with van der Waals surface area (Å²) in [5, 5.41) is 17.4. The summed E-state index contributed by atoms with van der Waals surface area (Å²) in [7, 11) is 4.12. The Bertz CT molecular complexity index is 1320. The summed E-state index contributed by atoms with van der Waals surface area (Å²) in [6.07, 6.45) is 7.87. The summed E-state index contributed by atoms with van der Waals surface area (Å²) >= 11 is 2.96. The zero-order chi connectivity index (χ0) is 26.2. The van der Waals surface area contributed by atoms with Gasteiger partial charge in [0.15, 0.2) is 5.13 Å². The van der Waals surface area contributed by atoms with Crippen LogP contribution in [0.3, 0.4) is 0 Å². The van der Waals surface area contributed by atoms with Crippen LogP contribution in [-0.2, 0) is 6.54 Å². The predicted octanol–water partition coefficient (Wildman–Crippen LogP) is 5.47. The number of aromatic nitrogens is 1. The number of unbranched alkanes of at least 4 members (excludes halogenated alkanes) is 1. The van der Waals surface area contributed by atoms with E-state index in [1.165, 1.54) is 29.3 Å². The Kier molecular flexibility index (Phi) is 9.10. The Balaban J connectivity index is 1.31. The molecule has 192 valence electrons. The first-order valence-electron chi connectivity index (χ1n) is 12.0. The number of fused-ring (bicyclic) bond motifs is 2. The number of allylic oxidation sites excluding steroid dienone is 1. The third-order valence-electron chi connectivity index (χ3n) is 5.71. The smallest absolute Gasteiger partial charge is 0.256 e. The number of carbonyl (C=O) groups excluding carboxylic acids is 2. The molecule has 37 heavy (non-hydrogen) atoms. The zero-order valence-corrected chi connectivity index (χ0v) is 22.5. The van der Waals surface area contributed by atoms with Gasteiger partial charge >= 0.3 is 0 Å². The Morgan fingerprint density at radius 2 is 2.00 bits per heavy atom. The van der Waals surface area contributed by atoms with E-state index in [1.807, 2.05) is 30.5 Å². The molecule has 1 aromatic heterocycles. The number of anilines is 2. The first-order chi connectivity index (χ1) is 17.9. The average Bonchev–Trinajstić information content (AvgIpc) is 3.29. The van der Waals surface area contributed by atoms with E-state index in [2.05, 4.69) is 39.9 Å². The molecule has 0 atom stereocenters. The predicted molar refractivity (Wildman–Crippen MR) is 151 cm³/mol. The van der Waals surface area contributed by atoms with Gasteiger partial charge in [0, 0.05) is 38.8 Å². The fourth-order valence-electron chi connectivity index (χ4n) is 3.73. The van der Waals surface area contributed by atoms with Crippen LogP contribution in [0.4, 0.5) is 10.8 Å². The minimum Gasteiger partial charge on any atom is -0.347 e. The normalized spacial score (nSPS) is 12.8. The molecule has 4 rings (SSSR count). The van der Waals surface area contributed by atoms with Crippen LogP contribution in [0.15, 0.2) is 70.2 Å². The molecule has 1 aliphatic heterocycles. The molecule has 0 fully saturated rings. The first kappa shape index (κ1) is 26.6. The molecule has 0 radical (unpaired) electrons. The molecule has 0 bridgehead atoms. The van der Waals surface area contributed by atoms with Gasteiger partial charge in [0.25, 0.3) is 11.8 Å². The summed E-state index contributed by atoms with van der Waals surface area (Å²) in [5.74, 6) is -0.409. The van der Waals surface area contributed by atoms with Gasteiger partial charge in [0.2, 0.25) is 0 Å². The maximum Gasteiger partial charge on any atom is 0.256 e. The number of hydrogen-bond donors (Lipinski definition) is 4. The number of benzene rings is 2. The van der Waals surface area contributed by atoms with Crippen molar-refractivity contribution in [1.82, 2.24) is 15.2 Å². The Morgan fingerprint density at radius 1 is 1.16 bits per heavy atom. The second-order valence-corrected chi connectivity index (χ2v) is 11.0. The second-order valence-electron chi connectivity index (χ2n) is 8.85. The Morgan fingerprint density at radius 3 is 2.81 bits per heavy atom. The first-order valence-corrected chi connectivity index (χ1v) is 13.6. The molecule has 3 aromatic rings. The highest BCUT2D eigenvalue weighted by Gasteiger charge is 2.20. The molecule has 4 N–H and O–H groups in total. The molecular weight excluding hydrogens is 504 g/mol. The maximum absolute atomic E-state index is 12.8. The molecular formula is C27H30N6O2S2. The lowest BCUT2D eigenvalue weighted by Crippen LogP contribution is -2.22. The van der Waals surface area contributed by atoms with E-state index < -0.39 is 0 Å². The number of rotatable bonds is 11. The van der Waals surface area contributed by atoms with Crippen molar-refractivity contribution in [2.24, 2.45) is 0 Å². The largest absolute Gasteiger partial charge is 0.347 e. The van der Waals surface area contributed by atoms with Gasteiger partial charge in [0.1, 0.15) is 0 Å². The van der Waals surface area contributed by atoms with Crippen LogP contribution < -0.4 is 16.0 Å². The SMILES string of the molecule is CN(C)CCCC/C(C=N)=C/Nc1ncc(CNC(=O)c2ccc3c(c2)NC(=O)c2ccccc2S3)s1. The second kappa shape index (κ2) is 12.7. The van der Waals surface area contributed by atoms with Gasteiger partial charge in [-0.3, -0.25) is 9.59 Å². The summed E-state index contributed by atoms with van der Waals surface area (Å²) in [4.78, 5) is 34.6. The third-order valence-corrected chi connectivity index (χ3v) is 7.79. The number of hydrogen-bond acceptors (Lipinski definition) is 8. The van der Waals surface area contributed by atoms with Gasteiger partial charge in [-0.1, -0.05) is 35.2 Å². The molecule has 8 nitrogen and oxygen atoms in total. The lowest BCUT2D eigenvalue weighted by Gasteiger charge is -2.09. The van der Waals surface area contributed by atoms with E-state index in [4.69, 9.17) is 5.41 Å². The van der Waals surface area contributed by atoms with Crippen LogP contribution in [0.25, 0.3) is 0 Å². The number of thiazole rings is 1. The number of carbonyl (C=O) groups is 2. The van der Waals surface area contributed by atoms with Gasteiger partial charge < -0.3 is 26.3 Å². The molecule has 2 heterocycles. The van der Waals surface area contributed by atoms with E-state index in [-0.39, 0.29) is 11.8 Å². The highest BCUT2D eigenvalue weighted by molar-refractivity contribution is 7.99. The van der Waals surface area contributed by atoms with Crippen molar-refractivity contribution in [3.63, 3.8) is 0 Å². The maximum atomic E-state index is 12.8. The van der Waals surface area contributed by atoms with Crippen LogP contribution in [0.1, 0.15) is 44.9 Å². The van der Waals surface area contributed by atoms with Crippen LogP contribution >= 0.6 is 23.1 Å². The molecule has 0 aliphatic carbocycles. The summed E-state index contributed by atoms with van der Waals surface area (Å²) in [6.45, 7) is 1.38. The summed E-state index contributed by atoms with van der Waals surface area (Å²) in [5.41, 5.74) is 2.64. The van der Waals surface area contributed by atoms with Gasteiger partial charge in [-0.2, -0.15) is 0 Å². The molecule has 2 amide bonds. The van der Waals surface area contributed by atoms with E-state index in [9.17, 15) is 9.59 Å². The minimum atomic E-state index is -0.226. The van der Waals surface area contributed by atoms with E-state index in [0.717, 1.165) is 46.0 Å². The van der Waals surface area contributed by atoms with Crippen LogP contribution in [0, 0.1) is 5.41 Å². The van der Waals surface area contributed by atoms with Crippen molar-refractivity contribution >= 4 is 51.9 Å². The standard InChI is InChI=1S/C27H30N6O2S2/c1-33(2)12-6-5-7-18(14-28)15-30-27-31-17-20(36-27)16-29-25(34)19-10-11-24-22(13-19)32-26(35)21-8-3-4-9-23(21)37-24/h3-4,8-11,13-15,17,28H,5-7,12,16H2,1-2H3,(H,29,34)(H,30,31)(H,32,35)/b18-15-,28-14?. The molecule has 0 saturated carbocycles. The number of nitrogens with zero attached hydrogens (tertiary/aromatic N) is 2. The fraction of sp³-hybridized carbons (Fsp3) is 0.259. The lowest BCUT2D eigenvalue weighted by atomic mass is 10.1. The Labute approximate surface area is 225 Å². The number of amides is 2. The Hall–Kier alpha value is -3.47. The fourth-order valence-corrected chi connectivity index (χ4v) is 5.46. The third kappa shape index (κ3) is 7.28. The molecule has 10 heteroatoms. The van der Waals surface area contributed by atoms with Crippen molar-refractivity contribution in [2.45, 2.75) is 35.6 Å². The van der Waals surface area contributed by atoms with Crippen LogP contribution in [0.2, 0.25) is 0 Å². The quantitative estimate of drug-likeness (QED) is 0.192. The molecule has 1 aliphatic rings. The zero-order valence-electron chi connectivity index (χ0n) is 20.8. The molecule has 0 saturated heterocycles. The molecule has 0 unspecified atom stereocenters. The summed E-state index contributed by atoms with van der Waals surface area (Å²) < 4.78 is 0. The van der Waals surface area contributed by atoms with Gasteiger partial charge in [0.05, 0.1) is 17.8 Å². The minimum absolute atomic E-state index is 0.183. The average molecular weight is 535 g/mol. The van der Waals surface area contributed by atoms with Gasteiger partial charge in [-0.25, -0.2) is 4.98 Å². The molecule has 2 aromatic carbocycles. The molecule has 0 spiro atoms. The van der Waals surface area contributed by atoms with E-state index in [1.54, 1.807) is 24.4 Å². The highest BCUT2D eigenvalue weighted by atomic mass is 32.2. The monoisotopic (exact) mass is 534 g/mol. The van der Waals surface area contributed by atoms with Crippen molar-refractivity contribution in [1.29, 1.82) is 5.41 Å². The topological polar surface area (TPSA) is 110 Å². The number of nitrogens with one attached hydrogen (secondary N) is 4. The van der Waals surface area contributed by atoms with Crippen molar-refractivity contribution in [3.05, 3.63) is 76.4 Å². The van der Waals surface area contributed by atoms with E-state index >= 15 is 0 Å². The van der Waals surface area contributed by atoms with Crippen molar-refractivity contribution in [2.75, 3.05) is 31.3 Å². The summed E-state index contributed by atoms with van der Waals surface area (Å²) in [6, 6.07) is 12.8. The van der Waals surface area contributed by atoms with Crippen molar-refractivity contribution < 1.29 is 9.59 Å². The van der Waals surface area contributed by atoms with Crippen molar-refractivity contribution in [3.8, 4) is 0 Å². The van der Waals surface area contributed by atoms with Gasteiger partial charge in [-0.05, 0) is 75.8 Å². The van der Waals surface area contributed by atoms with Crippen LogP contribution in [0.5, 0.6) is 0 Å². The van der Waals surface area contributed by atoms with E-state index in [0.29, 0.717) is 28.5 Å². The lowest BCUT2D eigenvalue weighted by molar-refractivity contribution is 0.0949.